The van der Waals surface area contributed by atoms with E-state index in [0.717, 1.165) is 27.6 Å². The zero-order valence-electron chi connectivity index (χ0n) is 14.7. The normalized spacial score (nSPS) is 11.5. The molecule has 0 aliphatic rings. The van der Waals surface area contributed by atoms with Gasteiger partial charge in [0, 0.05) is 23.7 Å². The molecule has 0 saturated carbocycles. The molecule has 0 spiro atoms. The Labute approximate surface area is 166 Å². The van der Waals surface area contributed by atoms with Crippen molar-refractivity contribution < 1.29 is 8.42 Å². The number of rotatable bonds is 6. The molecule has 3 N–H and O–H groups in total. The van der Waals surface area contributed by atoms with E-state index in [4.69, 9.17) is 5.14 Å². The smallest absolute Gasteiger partial charge is 0.238 e. The molecular formula is C19H17N5O2S2. The van der Waals surface area contributed by atoms with Gasteiger partial charge in [-0.1, -0.05) is 42.5 Å². The lowest BCUT2D eigenvalue weighted by Gasteiger charge is -2.07. The van der Waals surface area contributed by atoms with Crippen molar-refractivity contribution in [2.24, 2.45) is 5.14 Å². The fourth-order valence-corrected chi connectivity index (χ4v) is 3.82. The van der Waals surface area contributed by atoms with Crippen molar-refractivity contribution >= 4 is 27.0 Å². The SMILES string of the molecule is NS(=O)(=O)c1ccc(CNc2cn(-c3nccs3)nc2-c2ccccc2)cc1. The maximum Gasteiger partial charge on any atom is 0.238 e. The van der Waals surface area contributed by atoms with Gasteiger partial charge in [-0.15, -0.1) is 11.3 Å². The molecular weight excluding hydrogens is 394 g/mol. The molecule has 2 aromatic carbocycles. The Bertz CT molecular complexity index is 1170. The van der Waals surface area contributed by atoms with E-state index in [1.807, 2.05) is 41.9 Å². The van der Waals surface area contributed by atoms with Crippen LogP contribution in [0, 0.1) is 0 Å². The minimum Gasteiger partial charge on any atom is -0.378 e. The predicted octanol–water partition coefficient (Wildman–Crippen LogP) is 3.26. The van der Waals surface area contributed by atoms with E-state index in [2.05, 4.69) is 15.4 Å². The molecule has 0 unspecified atom stereocenters. The van der Waals surface area contributed by atoms with Crippen molar-refractivity contribution in [2.75, 3.05) is 5.32 Å². The highest BCUT2D eigenvalue weighted by Crippen LogP contribution is 2.28. The van der Waals surface area contributed by atoms with Gasteiger partial charge in [-0.25, -0.2) is 23.2 Å². The number of thiazole rings is 1. The van der Waals surface area contributed by atoms with Gasteiger partial charge in [0.25, 0.3) is 0 Å². The third-order valence-electron chi connectivity index (χ3n) is 4.11. The number of nitrogens with zero attached hydrogens (tertiary/aromatic N) is 3. The second kappa shape index (κ2) is 7.55. The van der Waals surface area contributed by atoms with Gasteiger partial charge in [-0.3, -0.25) is 0 Å². The van der Waals surface area contributed by atoms with Gasteiger partial charge >= 0.3 is 0 Å². The largest absolute Gasteiger partial charge is 0.378 e. The number of benzene rings is 2. The van der Waals surface area contributed by atoms with Gasteiger partial charge in [0.05, 0.1) is 16.8 Å². The molecule has 142 valence electrons. The third kappa shape index (κ3) is 3.96. The second-order valence-corrected chi connectivity index (χ2v) is 8.49. The van der Waals surface area contributed by atoms with E-state index >= 15 is 0 Å². The Morgan fingerprint density at radius 1 is 1.07 bits per heavy atom. The maximum absolute atomic E-state index is 11.4. The summed E-state index contributed by atoms with van der Waals surface area (Å²) in [6.07, 6.45) is 3.64. The molecule has 4 rings (SSSR count). The van der Waals surface area contributed by atoms with E-state index in [0.29, 0.717) is 6.54 Å². The lowest BCUT2D eigenvalue weighted by molar-refractivity contribution is 0.598. The quantitative estimate of drug-likeness (QED) is 0.507. The number of anilines is 1. The van der Waals surface area contributed by atoms with Crippen LogP contribution in [0.1, 0.15) is 5.56 Å². The first kappa shape index (κ1) is 18.4. The van der Waals surface area contributed by atoms with Crippen LogP contribution in [-0.4, -0.2) is 23.2 Å². The molecule has 0 amide bonds. The average Bonchev–Trinajstić information content (AvgIpc) is 3.36. The molecule has 0 aliphatic heterocycles. The Balaban J connectivity index is 1.61. The Morgan fingerprint density at radius 2 is 1.82 bits per heavy atom. The van der Waals surface area contributed by atoms with E-state index < -0.39 is 10.0 Å². The number of aromatic nitrogens is 3. The number of sulfonamides is 1. The van der Waals surface area contributed by atoms with Gasteiger partial charge in [0.2, 0.25) is 15.2 Å². The predicted molar refractivity (Wildman–Crippen MR) is 110 cm³/mol. The highest BCUT2D eigenvalue weighted by atomic mass is 32.2. The summed E-state index contributed by atoms with van der Waals surface area (Å²) in [6, 6.07) is 16.4. The summed E-state index contributed by atoms with van der Waals surface area (Å²) < 4.78 is 24.5. The summed E-state index contributed by atoms with van der Waals surface area (Å²) in [6.45, 7) is 0.508. The number of nitrogens with one attached hydrogen (secondary N) is 1. The van der Waals surface area contributed by atoms with E-state index in [9.17, 15) is 8.42 Å². The molecule has 7 nitrogen and oxygen atoms in total. The Morgan fingerprint density at radius 3 is 2.46 bits per heavy atom. The first-order chi connectivity index (χ1) is 13.5. The molecule has 2 heterocycles. The van der Waals surface area contributed by atoms with Crippen molar-refractivity contribution in [2.45, 2.75) is 11.4 Å². The summed E-state index contributed by atoms with van der Waals surface area (Å²) in [5, 5.41) is 15.9. The van der Waals surface area contributed by atoms with Crippen molar-refractivity contribution in [3.8, 4) is 16.4 Å². The van der Waals surface area contributed by atoms with Crippen molar-refractivity contribution in [3.63, 3.8) is 0 Å². The van der Waals surface area contributed by atoms with Crippen LogP contribution in [-0.2, 0) is 16.6 Å². The number of nitrogens with two attached hydrogens (primary N) is 1. The Kier molecular flexibility index (Phi) is 4.95. The highest BCUT2D eigenvalue weighted by molar-refractivity contribution is 7.89. The molecule has 0 radical (unpaired) electrons. The molecule has 4 aromatic rings. The lowest BCUT2D eigenvalue weighted by atomic mass is 10.1. The van der Waals surface area contributed by atoms with Crippen LogP contribution in [0.4, 0.5) is 5.69 Å². The van der Waals surface area contributed by atoms with E-state index in [1.165, 1.54) is 23.5 Å². The van der Waals surface area contributed by atoms with Crippen LogP contribution in [0.15, 0.2) is 77.3 Å². The number of hydrogen-bond donors (Lipinski definition) is 2. The topological polar surface area (TPSA) is 103 Å². The van der Waals surface area contributed by atoms with Gasteiger partial charge in [0.15, 0.2) is 0 Å². The molecule has 0 aliphatic carbocycles. The van der Waals surface area contributed by atoms with Gasteiger partial charge < -0.3 is 5.32 Å². The minimum atomic E-state index is -3.69. The van der Waals surface area contributed by atoms with Gasteiger partial charge in [-0.2, -0.15) is 5.10 Å². The monoisotopic (exact) mass is 411 g/mol. The first-order valence-corrected chi connectivity index (χ1v) is 10.8. The standard InChI is InChI=1S/C19H17N5O2S2/c20-28(25,26)16-8-6-14(7-9-16)12-22-17-13-24(19-21-10-11-27-19)23-18(17)15-4-2-1-3-5-15/h1-11,13,22H,12H2,(H2,20,25,26). The fraction of sp³-hybridized carbons (Fsp3) is 0.0526. The first-order valence-electron chi connectivity index (χ1n) is 8.41. The van der Waals surface area contributed by atoms with Gasteiger partial charge in [0.1, 0.15) is 5.69 Å². The molecule has 28 heavy (non-hydrogen) atoms. The van der Waals surface area contributed by atoms with Crippen LogP contribution in [0.5, 0.6) is 0 Å². The molecule has 2 aromatic heterocycles. The van der Waals surface area contributed by atoms with E-state index in [-0.39, 0.29) is 4.90 Å². The zero-order valence-corrected chi connectivity index (χ0v) is 16.3. The summed E-state index contributed by atoms with van der Waals surface area (Å²) in [5.41, 5.74) is 3.59. The third-order valence-corrected chi connectivity index (χ3v) is 5.80. The minimum absolute atomic E-state index is 0.0952. The second-order valence-electron chi connectivity index (χ2n) is 6.06. The summed E-state index contributed by atoms with van der Waals surface area (Å²) in [5.74, 6) is 0. The van der Waals surface area contributed by atoms with Gasteiger partial charge in [-0.05, 0) is 17.7 Å². The lowest BCUT2D eigenvalue weighted by Crippen LogP contribution is -2.12. The van der Waals surface area contributed by atoms with Crippen LogP contribution in [0.3, 0.4) is 0 Å². The van der Waals surface area contributed by atoms with E-state index in [1.54, 1.807) is 23.0 Å². The van der Waals surface area contributed by atoms with Crippen LogP contribution in [0.25, 0.3) is 16.4 Å². The zero-order chi connectivity index (χ0) is 19.6. The summed E-state index contributed by atoms with van der Waals surface area (Å²) >= 11 is 1.50. The average molecular weight is 412 g/mol. The molecule has 0 bridgehead atoms. The highest BCUT2D eigenvalue weighted by Gasteiger charge is 2.13. The number of primary sulfonamides is 1. The van der Waals surface area contributed by atoms with Crippen LogP contribution < -0.4 is 10.5 Å². The van der Waals surface area contributed by atoms with Crippen molar-refractivity contribution in [1.82, 2.24) is 14.8 Å². The van der Waals surface area contributed by atoms with Crippen molar-refractivity contribution in [3.05, 3.63) is 77.9 Å². The van der Waals surface area contributed by atoms with Crippen LogP contribution in [0.2, 0.25) is 0 Å². The number of hydrogen-bond acceptors (Lipinski definition) is 6. The molecule has 0 fully saturated rings. The summed E-state index contributed by atoms with van der Waals surface area (Å²) in [7, 11) is -3.69. The van der Waals surface area contributed by atoms with Crippen LogP contribution >= 0.6 is 11.3 Å². The molecule has 9 heteroatoms. The molecule has 0 saturated heterocycles. The molecule has 0 atom stereocenters. The van der Waals surface area contributed by atoms with Crippen molar-refractivity contribution in [1.29, 1.82) is 0 Å². The Hall–Kier alpha value is -3.01. The summed E-state index contributed by atoms with van der Waals surface area (Å²) in [4.78, 5) is 4.40. The fourth-order valence-electron chi connectivity index (χ4n) is 2.73. The maximum atomic E-state index is 11.4.